The largest absolute Gasteiger partial charge is 0.355 e. The number of nitrogens with one attached hydrogen (secondary N) is 1. The van der Waals surface area contributed by atoms with Crippen LogP contribution < -0.4 is 5.32 Å². The molecule has 2 saturated heterocycles. The van der Waals surface area contributed by atoms with Gasteiger partial charge in [-0.1, -0.05) is 31.2 Å². The SMILES string of the molecule is CCN1CCN(CC(=O)NC[C@@H]2CCN(Cc3ccccc3C)C2)CC1. The molecule has 5 nitrogen and oxygen atoms in total. The number of carbonyl (C=O) groups is 1. The number of likely N-dealkylation sites (tertiary alicyclic amines) is 1. The van der Waals surface area contributed by atoms with Crippen LogP contribution >= 0.6 is 0 Å². The van der Waals surface area contributed by atoms with Gasteiger partial charge in [0.15, 0.2) is 0 Å². The highest BCUT2D eigenvalue weighted by Gasteiger charge is 2.24. The summed E-state index contributed by atoms with van der Waals surface area (Å²) in [5, 5.41) is 3.17. The van der Waals surface area contributed by atoms with Crippen LogP contribution in [0.3, 0.4) is 0 Å². The average molecular weight is 359 g/mol. The monoisotopic (exact) mass is 358 g/mol. The van der Waals surface area contributed by atoms with Gasteiger partial charge < -0.3 is 10.2 Å². The van der Waals surface area contributed by atoms with Gasteiger partial charge in [-0.3, -0.25) is 14.6 Å². The van der Waals surface area contributed by atoms with E-state index in [1.165, 1.54) is 17.5 Å². The molecule has 0 unspecified atom stereocenters. The van der Waals surface area contributed by atoms with Crippen molar-refractivity contribution in [1.29, 1.82) is 0 Å². The number of nitrogens with zero attached hydrogens (tertiary/aromatic N) is 3. The van der Waals surface area contributed by atoms with E-state index in [-0.39, 0.29) is 5.91 Å². The molecule has 3 rings (SSSR count). The summed E-state index contributed by atoms with van der Waals surface area (Å²) in [6.45, 7) is 14.3. The van der Waals surface area contributed by atoms with E-state index in [4.69, 9.17) is 0 Å². The number of carbonyl (C=O) groups excluding carboxylic acids is 1. The minimum absolute atomic E-state index is 0.187. The maximum atomic E-state index is 12.3. The maximum absolute atomic E-state index is 12.3. The molecule has 0 bridgehead atoms. The van der Waals surface area contributed by atoms with Crippen molar-refractivity contribution in [3.63, 3.8) is 0 Å². The third-order valence-corrected chi connectivity index (χ3v) is 5.89. The molecule has 1 amide bonds. The van der Waals surface area contributed by atoms with Gasteiger partial charge in [0.05, 0.1) is 6.54 Å². The van der Waals surface area contributed by atoms with E-state index in [1.807, 2.05) is 0 Å². The predicted molar refractivity (Wildman–Crippen MR) is 106 cm³/mol. The van der Waals surface area contributed by atoms with Crippen LogP contribution in [0.15, 0.2) is 24.3 Å². The number of benzene rings is 1. The Morgan fingerprint density at radius 2 is 1.81 bits per heavy atom. The fraction of sp³-hybridized carbons (Fsp3) is 0.667. The normalized spacial score (nSPS) is 22.6. The summed E-state index contributed by atoms with van der Waals surface area (Å²) in [6, 6.07) is 8.63. The first-order valence-electron chi connectivity index (χ1n) is 10.1. The Morgan fingerprint density at radius 1 is 1.08 bits per heavy atom. The summed E-state index contributed by atoms with van der Waals surface area (Å²) in [7, 11) is 0. The highest BCUT2D eigenvalue weighted by molar-refractivity contribution is 5.78. The lowest BCUT2D eigenvalue weighted by molar-refractivity contribution is -0.122. The Morgan fingerprint density at radius 3 is 2.54 bits per heavy atom. The molecule has 0 aromatic heterocycles. The minimum Gasteiger partial charge on any atom is -0.355 e. The zero-order chi connectivity index (χ0) is 18.4. The van der Waals surface area contributed by atoms with Crippen LogP contribution in [0.25, 0.3) is 0 Å². The molecule has 2 aliphatic rings. The number of amides is 1. The Kier molecular flexibility index (Phi) is 7.06. The molecule has 1 aromatic carbocycles. The van der Waals surface area contributed by atoms with Crippen LogP contribution in [-0.2, 0) is 11.3 Å². The van der Waals surface area contributed by atoms with Crippen molar-refractivity contribution in [1.82, 2.24) is 20.0 Å². The molecular formula is C21H34N4O. The number of piperazine rings is 1. The van der Waals surface area contributed by atoms with Crippen molar-refractivity contribution in [2.24, 2.45) is 5.92 Å². The predicted octanol–water partition coefficient (Wildman–Crippen LogP) is 1.57. The van der Waals surface area contributed by atoms with Gasteiger partial charge in [0.2, 0.25) is 5.91 Å². The molecule has 26 heavy (non-hydrogen) atoms. The number of hydrogen-bond acceptors (Lipinski definition) is 4. The van der Waals surface area contributed by atoms with E-state index in [0.717, 1.165) is 58.9 Å². The second kappa shape index (κ2) is 9.49. The lowest BCUT2D eigenvalue weighted by atomic mass is 10.1. The summed E-state index contributed by atoms with van der Waals surface area (Å²) in [5.41, 5.74) is 2.79. The molecule has 5 heteroatoms. The van der Waals surface area contributed by atoms with Crippen molar-refractivity contribution >= 4 is 5.91 Å². The van der Waals surface area contributed by atoms with Gasteiger partial charge in [-0.15, -0.1) is 0 Å². The topological polar surface area (TPSA) is 38.8 Å². The van der Waals surface area contributed by atoms with Crippen LogP contribution in [0.4, 0.5) is 0 Å². The van der Waals surface area contributed by atoms with Gasteiger partial charge in [-0.05, 0) is 43.5 Å². The molecule has 144 valence electrons. The number of aryl methyl sites for hydroxylation is 1. The smallest absolute Gasteiger partial charge is 0.234 e. The molecule has 0 radical (unpaired) electrons. The zero-order valence-electron chi connectivity index (χ0n) is 16.4. The van der Waals surface area contributed by atoms with Crippen molar-refractivity contribution in [3.05, 3.63) is 35.4 Å². The molecule has 2 heterocycles. The van der Waals surface area contributed by atoms with E-state index >= 15 is 0 Å². The van der Waals surface area contributed by atoms with Crippen molar-refractivity contribution in [3.8, 4) is 0 Å². The third-order valence-electron chi connectivity index (χ3n) is 5.89. The lowest BCUT2D eigenvalue weighted by Crippen LogP contribution is -2.49. The van der Waals surface area contributed by atoms with Crippen LogP contribution in [0, 0.1) is 12.8 Å². The molecule has 2 aliphatic heterocycles. The number of rotatable bonds is 7. The van der Waals surface area contributed by atoms with Gasteiger partial charge in [0.1, 0.15) is 0 Å². The highest BCUT2D eigenvalue weighted by atomic mass is 16.2. The van der Waals surface area contributed by atoms with Gasteiger partial charge in [-0.2, -0.15) is 0 Å². The molecular weight excluding hydrogens is 324 g/mol. The first-order chi connectivity index (χ1) is 12.6. The molecule has 0 aliphatic carbocycles. The fourth-order valence-corrected chi connectivity index (χ4v) is 4.03. The molecule has 2 fully saturated rings. The van der Waals surface area contributed by atoms with Gasteiger partial charge >= 0.3 is 0 Å². The third kappa shape index (κ3) is 5.53. The molecule has 1 aromatic rings. The molecule has 0 spiro atoms. The van der Waals surface area contributed by atoms with Crippen molar-refractivity contribution in [2.45, 2.75) is 26.8 Å². The van der Waals surface area contributed by atoms with Crippen LogP contribution in [0.5, 0.6) is 0 Å². The Balaban J connectivity index is 1.34. The Bertz CT molecular complexity index is 583. The number of hydrogen-bond donors (Lipinski definition) is 1. The van der Waals surface area contributed by atoms with Gasteiger partial charge in [0, 0.05) is 45.8 Å². The van der Waals surface area contributed by atoms with E-state index in [2.05, 4.69) is 58.1 Å². The van der Waals surface area contributed by atoms with Gasteiger partial charge in [-0.25, -0.2) is 0 Å². The van der Waals surface area contributed by atoms with Crippen LogP contribution in [-0.4, -0.2) is 79.5 Å². The summed E-state index contributed by atoms with van der Waals surface area (Å²) in [5.74, 6) is 0.771. The van der Waals surface area contributed by atoms with E-state index in [1.54, 1.807) is 0 Å². The molecule has 1 N–H and O–H groups in total. The molecule has 0 saturated carbocycles. The highest BCUT2D eigenvalue weighted by Crippen LogP contribution is 2.19. The summed E-state index contributed by atoms with van der Waals surface area (Å²) in [4.78, 5) is 19.5. The fourth-order valence-electron chi connectivity index (χ4n) is 4.03. The quantitative estimate of drug-likeness (QED) is 0.803. The zero-order valence-corrected chi connectivity index (χ0v) is 16.4. The van der Waals surface area contributed by atoms with Crippen molar-refractivity contribution in [2.75, 3.05) is 58.9 Å². The Labute approximate surface area is 158 Å². The van der Waals surface area contributed by atoms with Crippen molar-refractivity contribution < 1.29 is 4.79 Å². The summed E-state index contributed by atoms with van der Waals surface area (Å²) in [6.07, 6.45) is 1.18. The van der Waals surface area contributed by atoms with E-state index < -0.39 is 0 Å². The molecule has 1 atom stereocenters. The Hall–Kier alpha value is -1.43. The van der Waals surface area contributed by atoms with E-state index in [0.29, 0.717) is 12.5 Å². The van der Waals surface area contributed by atoms with Crippen LogP contribution in [0.2, 0.25) is 0 Å². The first-order valence-corrected chi connectivity index (χ1v) is 10.1. The summed E-state index contributed by atoms with van der Waals surface area (Å²) < 4.78 is 0. The number of likely N-dealkylation sites (N-methyl/N-ethyl adjacent to an activating group) is 1. The first kappa shape index (κ1) is 19.3. The second-order valence-electron chi connectivity index (χ2n) is 7.83. The van der Waals surface area contributed by atoms with Crippen LogP contribution in [0.1, 0.15) is 24.5 Å². The average Bonchev–Trinajstić information content (AvgIpc) is 3.10. The summed E-state index contributed by atoms with van der Waals surface area (Å²) >= 11 is 0. The van der Waals surface area contributed by atoms with E-state index in [9.17, 15) is 4.79 Å². The standard InChI is InChI=1S/C21H34N4O/c1-3-23-10-12-24(13-11-23)17-21(26)22-14-19-8-9-25(15-19)16-20-7-5-4-6-18(20)2/h4-7,19H,3,8-17H2,1-2H3,(H,22,26)/t19-/m0/s1. The minimum atomic E-state index is 0.187. The van der Waals surface area contributed by atoms with Gasteiger partial charge in [0.25, 0.3) is 0 Å². The lowest BCUT2D eigenvalue weighted by Gasteiger charge is -2.33. The maximum Gasteiger partial charge on any atom is 0.234 e. The second-order valence-corrected chi connectivity index (χ2v) is 7.83.